The lowest BCUT2D eigenvalue weighted by atomic mass is 10.1. The first-order valence-corrected chi connectivity index (χ1v) is 11.5. The number of rotatable bonds is 14. The topological polar surface area (TPSA) is 67.9 Å². The summed E-state index contributed by atoms with van der Waals surface area (Å²) in [4.78, 5) is 26.8. The SMILES string of the molecule is CCCCNc1cccc(C(=O)OCC)c1N(C)C(=O)COC/C=C(\C)CCC=C(C)C. The lowest BCUT2D eigenvalue weighted by Crippen LogP contribution is -2.32. The summed E-state index contributed by atoms with van der Waals surface area (Å²) in [6.07, 6.45) is 8.24. The number of anilines is 2. The highest BCUT2D eigenvalue weighted by Gasteiger charge is 2.23. The average Bonchev–Trinajstić information content (AvgIpc) is 2.76. The fraction of sp³-hybridized carbons (Fsp3) is 0.538. The molecule has 178 valence electrons. The molecule has 0 bridgehead atoms. The third kappa shape index (κ3) is 9.69. The highest BCUT2D eigenvalue weighted by atomic mass is 16.5. The highest BCUT2D eigenvalue weighted by Crippen LogP contribution is 2.30. The number of nitrogens with one attached hydrogen (secondary N) is 1. The van der Waals surface area contributed by atoms with E-state index in [1.165, 1.54) is 16.0 Å². The van der Waals surface area contributed by atoms with Crippen molar-refractivity contribution >= 4 is 23.3 Å². The smallest absolute Gasteiger partial charge is 0.340 e. The summed E-state index contributed by atoms with van der Waals surface area (Å²) in [6.45, 7) is 11.5. The summed E-state index contributed by atoms with van der Waals surface area (Å²) in [5, 5.41) is 3.34. The Kier molecular flexibility index (Phi) is 13.1. The molecule has 1 rings (SSSR count). The van der Waals surface area contributed by atoms with Gasteiger partial charge in [-0.05, 0) is 59.1 Å². The van der Waals surface area contributed by atoms with Gasteiger partial charge in [0.05, 0.1) is 30.2 Å². The Bertz CT molecular complexity index is 795. The van der Waals surface area contributed by atoms with E-state index in [4.69, 9.17) is 9.47 Å². The van der Waals surface area contributed by atoms with E-state index >= 15 is 0 Å². The summed E-state index contributed by atoms with van der Waals surface area (Å²) < 4.78 is 10.8. The highest BCUT2D eigenvalue weighted by molar-refractivity contribution is 6.06. The number of unbranched alkanes of at least 4 members (excludes halogenated alkanes) is 1. The van der Waals surface area contributed by atoms with E-state index in [0.29, 0.717) is 17.9 Å². The third-order valence-electron chi connectivity index (χ3n) is 4.95. The predicted octanol–water partition coefficient (Wildman–Crippen LogP) is 5.75. The molecule has 0 aromatic heterocycles. The van der Waals surface area contributed by atoms with E-state index in [0.717, 1.165) is 37.9 Å². The van der Waals surface area contributed by atoms with Crippen LogP contribution < -0.4 is 10.2 Å². The summed E-state index contributed by atoms with van der Waals surface area (Å²) in [5.74, 6) is -0.673. The molecule has 0 heterocycles. The van der Waals surface area contributed by atoms with Crippen LogP contribution in [0.25, 0.3) is 0 Å². The van der Waals surface area contributed by atoms with Crippen LogP contribution >= 0.6 is 0 Å². The molecule has 0 fully saturated rings. The fourth-order valence-corrected chi connectivity index (χ4v) is 3.08. The number of amides is 1. The zero-order valence-electron chi connectivity index (χ0n) is 20.6. The van der Waals surface area contributed by atoms with Gasteiger partial charge in [0, 0.05) is 13.6 Å². The van der Waals surface area contributed by atoms with Crippen molar-refractivity contribution in [3.8, 4) is 0 Å². The Morgan fingerprint density at radius 2 is 1.88 bits per heavy atom. The number of hydrogen-bond acceptors (Lipinski definition) is 5. The molecule has 0 aliphatic rings. The number of para-hydroxylation sites is 1. The van der Waals surface area contributed by atoms with Crippen LogP contribution in [0.15, 0.2) is 41.5 Å². The number of allylic oxidation sites excluding steroid dienone is 3. The monoisotopic (exact) mass is 444 g/mol. The third-order valence-corrected chi connectivity index (χ3v) is 4.95. The molecule has 0 atom stereocenters. The van der Waals surface area contributed by atoms with Gasteiger partial charge in [-0.3, -0.25) is 4.79 Å². The maximum absolute atomic E-state index is 12.8. The molecule has 6 nitrogen and oxygen atoms in total. The molecule has 32 heavy (non-hydrogen) atoms. The molecule has 0 aliphatic carbocycles. The van der Waals surface area contributed by atoms with Gasteiger partial charge in [-0.25, -0.2) is 4.79 Å². The number of hydrogen-bond donors (Lipinski definition) is 1. The molecule has 6 heteroatoms. The van der Waals surface area contributed by atoms with Crippen molar-refractivity contribution < 1.29 is 19.1 Å². The van der Waals surface area contributed by atoms with Gasteiger partial charge >= 0.3 is 5.97 Å². The van der Waals surface area contributed by atoms with Crippen LogP contribution in [-0.2, 0) is 14.3 Å². The van der Waals surface area contributed by atoms with E-state index in [1.807, 2.05) is 12.1 Å². The second-order valence-electron chi connectivity index (χ2n) is 8.04. The van der Waals surface area contributed by atoms with Crippen molar-refractivity contribution in [2.45, 2.75) is 60.3 Å². The molecule has 0 unspecified atom stereocenters. The first-order valence-electron chi connectivity index (χ1n) is 11.5. The van der Waals surface area contributed by atoms with E-state index in [-0.39, 0.29) is 19.1 Å². The van der Waals surface area contributed by atoms with Gasteiger partial charge < -0.3 is 19.7 Å². The Morgan fingerprint density at radius 1 is 1.12 bits per heavy atom. The van der Waals surface area contributed by atoms with Gasteiger partial charge in [-0.15, -0.1) is 0 Å². The zero-order valence-corrected chi connectivity index (χ0v) is 20.6. The Balaban J connectivity index is 2.85. The van der Waals surface area contributed by atoms with Crippen LogP contribution in [0.3, 0.4) is 0 Å². The van der Waals surface area contributed by atoms with E-state index in [1.54, 1.807) is 26.1 Å². The lowest BCUT2D eigenvalue weighted by Gasteiger charge is -2.24. The number of ether oxygens (including phenoxy) is 2. The average molecular weight is 445 g/mol. The minimum absolute atomic E-state index is 0.0696. The van der Waals surface area contributed by atoms with Crippen LogP contribution in [0.2, 0.25) is 0 Å². The van der Waals surface area contributed by atoms with Crippen molar-refractivity contribution in [2.24, 2.45) is 0 Å². The molecule has 0 spiro atoms. The number of carbonyl (C=O) groups is 2. The number of benzene rings is 1. The second kappa shape index (κ2) is 15.2. The largest absolute Gasteiger partial charge is 0.462 e. The van der Waals surface area contributed by atoms with Crippen molar-refractivity contribution in [2.75, 3.05) is 43.6 Å². The Hall–Kier alpha value is -2.60. The van der Waals surface area contributed by atoms with Crippen molar-refractivity contribution in [1.29, 1.82) is 0 Å². The second-order valence-corrected chi connectivity index (χ2v) is 8.04. The summed E-state index contributed by atoms with van der Waals surface area (Å²) in [6, 6.07) is 5.35. The molecule has 0 saturated carbocycles. The Morgan fingerprint density at radius 3 is 2.53 bits per heavy atom. The first kappa shape index (κ1) is 27.4. The number of esters is 1. The minimum atomic E-state index is -0.447. The standard InChI is InChI=1S/C26H40N2O4/c1-7-9-17-27-23-15-11-14-22(26(30)32-8-2)25(23)28(6)24(29)19-31-18-16-21(5)13-10-12-20(3)4/h11-12,14-16,27H,7-10,13,17-19H2,1-6H3/b21-16+. The van der Waals surface area contributed by atoms with Gasteiger partial charge in [0.2, 0.25) is 0 Å². The molecule has 0 aliphatic heterocycles. The van der Waals surface area contributed by atoms with Crippen molar-refractivity contribution in [3.05, 3.63) is 47.1 Å². The van der Waals surface area contributed by atoms with Crippen molar-refractivity contribution in [1.82, 2.24) is 0 Å². The predicted molar refractivity (Wildman–Crippen MR) is 132 cm³/mol. The van der Waals surface area contributed by atoms with Gasteiger partial charge in [-0.2, -0.15) is 0 Å². The van der Waals surface area contributed by atoms with Gasteiger partial charge in [-0.1, -0.05) is 42.7 Å². The molecule has 0 radical (unpaired) electrons. The summed E-state index contributed by atoms with van der Waals surface area (Å²) >= 11 is 0. The molecular formula is C26H40N2O4. The number of nitrogens with zero attached hydrogens (tertiary/aromatic N) is 1. The molecule has 1 aromatic carbocycles. The van der Waals surface area contributed by atoms with E-state index in [9.17, 15) is 9.59 Å². The molecular weight excluding hydrogens is 404 g/mol. The first-order chi connectivity index (χ1) is 15.3. The van der Waals surface area contributed by atoms with Crippen molar-refractivity contribution in [3.63, 3.8) is 0 Å². The van der Waals surface area contributed by atoms with Gasteiger partial charge in [0.25, 0.3) is 5.91 Å². The van der Waals surface area contributed by atoms with Gasteiger partial charge in [0.1, 0.15) is 6.61 Å². The Labute approximate surface area is 193 Å². The zero-order chi connectivity index (χ0) is 23.9. The van der Waals surface area contributed by atoms with Crippen LogP contribution in [0.5, 0.6) is 0 Å². The van der Waals surface area contributed by atoms with E-state index in [2.05, 4.69) is 39.1 Å². The maximum Gasteiger partial charge on any atom is 0.340 e. The molecule has 1 N–H and O–H groups in total. The van der Waals surface area contributed by atoms with Crippen LogP contribution in [0, 0.1) is 0 Å². The minimum Gasteiger partial charge on any atom is -0.462 e. The van der Waals surface area contributed by atoms with Crippen LogP contribution in [-0.4, -0.2) is 45.3 Å². The van der Waals surface area contributed by atoms with Crippen LogP contribution in [0.1, 0.15) is 70.7 Å². The normalized spacial score (nSPS) is 11.1. The van der Waals surface area contributed by atoms with Crippen LogP contribution in [0.4, 0.5) is 11.4 Å². The lowest BCUT2D eigenvalue weighted by molar-refractivity contribution is -0.122. The van der Waals surface area contributed by atoms with E-state index < -0.39 is 5.97 Å². The fourth-order valence-electron chi connectivity index (χ4n) is 3.08. The summed E-state index contributed by atoms with van der Waals surface area (Å²) in [7, 11) is 1.66. The quantitative estimate of drug-likeness (QED) is 0.225. The molecule has 0 saturated heterocycles. The molecule has 1 aromatic rings. The summed E-state index contributed by atoms with van der Waals surface area (Å²) in [5.41, 5.74) is 4.16. The number of carbonyl (C=O) groups excluding carboxylic acids is 2. The maximum atomic E-state index is 12.8. The van der Waals surface area contributed by atoms with Gasteiger partial charge in [0.15, 0.2) is 0 Å². The molecule has 1 amide bonds. The number of likely N-dealkylation sites (N-methyl/N-ethyl adjacent to an activating group) is 1.